The molecular formula is C17H15N3OS. The first-order valence-corrected chi connectivity index (χ1v) is 7.71. The monoisotopic (exact) mass is 309 g/mol. The summed E-state index contributed by atoms with van der Waals surface area (Å²) in [5.74, 6) is -0.120. The summed E-state index contributed by atoms with van der Waals surface area (Å²) < 4.78 is 0. The number of benzene rings is 1. The molecule has 0 saturated heterocycles. The van der Waals surface area contributed by atoms with E-state index in [1.807, 2.05) is 24.3 Å². The number of rotatable bonds is 3. The number of pyridine rings is 1. The van der Waals surface area contributed by atoms with Crippen LogP contribution in [0.5, 0.6) is 0 Å². The van der Waals surface area contributed by atoms with Crippen molar-refractivity contribution in [3.8, 4) is 21.7 Å². The smallest absolute Gasteiger partial charge is 0.223 e. The molecule has 0 aliphatic carbocycles. The average molecular weight is 309 g/mol. The van der Waals surface area contributed by atoms with Gasteiger partial charge in [-0.25, -0.2) is 4.98 Å². The summed E-state index contributed by atoms with van der Waals surface area (Å²) in [7, 11) is 0. The first kappa shape index (κ1) is 14.4. The number of aromatic nitrogens is 2. The van der Waals surface area contributed by atoms with Crippen molar-refractivity contribution in [2.75, 3.05) is 5.32 Å². The van der Waals surface area contributed by atoms with E-state index in [4.69, 9.17) is 0 Å². The molecule has 4 nitrogen and oxygen atoms in total. The van der Waals surface area contributed by atoms with E-state index in [-0.39, 0.29) is 5.91 Å². The third kappa shape index (κ3) is 3.04. The Hall–Kier alpha value is -2.53. The molecular weight excluding hydrogens is 294 g/mol. The maximum absolute atomic E-state index is 11.3. The molecule has 3 rings (SSSR count). The number of aryl methyl sites for hydroxylation is 1. The fourth-order valence-corrected chi connectivity index (χ4v) is 3.25. The van der Waals surface area contributed by atoms with Gasteiger partial charge in [0.1, 0.15) is 0 Å². The number of thiazole rings is 1. The lowest BCUT2D eigenvalue weighted by Crippen LogP contribution is -2.04. The molecule has 1 N–H and O–H groups in total. The number of hydrogen-bond donors (Lipinski definition) is 1. The Morgan fingerprint density at radius 1 is 1.14 bits per heavy atom. The van der Waals surface area contributed by atoms with Gasteiger partial charge >= 0.3 is 0 Å². The van der Waals surface area contributed by atoms with Crippen LogP contribution in [0.2, 0.25) is 0 Å². The van der Waals surface area contributed by atoms with Crippen LogP contribution in [0.15, 0.2) is 48.8 Å². The molecule has 0 saturated carbocycles. The van der Waals surface area contributed by atoms with Crippen LogP contribution >= 0.6 is 11.3 Å². The molecule has 0 bridgehead atoms. The molecule has 0 unspecified atom stereocenters. The number of anilines is 1. The Morgan fingerprint density at radius 3 is 2.59 bits per heavy atom. The van der Waals surface area contributed by atoms with E-state index < -0.39 is 0 Å². The van der Waals surface area contributed by atoms with Gasteiger partial charge in [-0.15, -0.1) is 0 Å². The summed E-state index contributed by atoms with van der Waals surface area (Å²) >= 11 is 1.47. The molecule has 2 aromatic heterocycles. The fraction of sp³-hybridized carbons (Fsp3) is 0.118. The van der Waals surface area contributed by atoms with Crippen molar-refractivity contribution in [1.29, 1.82) is 0 Å². The third-order valence-electron chi connectivity index (χ3n) is 3.14. The predicted octanol–water partition coefficient (Wildman–Crippen LogP) is 4.14. The van der Waals surface area contributed by atoms with Crippen molar-refractivity contribution >= 4 is 22.4 Å². The molecule has 0 aliphatic rings. The first-order valence-electron chi connectivity index (χ1n) is 6.89. The van der Waals surface area contributed by atoms with Crippen LogP contribution in [0, 0.1) is 6.92 Å². The molecule has 22 heavy (non-hydrogen) atoms. The van der Waals surface area contributed by atoms with Gasteiger partial charge in [0.2, 0.25) is 5.91 Å². The van der Waals surface area contributed by atoms with Gasteiger partial charge < -0.3 is 5.32 Å². The van der Waals surface area contributed by atoms with Crippen LogP contribution < -0.4 is 5.32 Å². The standard InChI is InChI=1S/C17H15N3OS/c1-11-4-3-5-14(10-11)15-16(13-6-8-18-9-7-13)22-17(20-15)19-12(2)21/h3-10H,1-2H3,(H,19,20,21). The molecule has 0 fully saturated rings. The highest BCUT2D eigenvalue weighted by molar-refractivity contribution is 7.19. The normalized spacial score (nSPS) is 10.5. The molecule has 1 aromatic carbocycles. The van der Waals surface area contributed by atoms with E-state index >= 15 is 0 Å². The summed E-state index contributed by atoms with van der Waals surface area (Å²) in [6.45, 7) is 3.54. The highest BCUT2D eigenvalue weighted by Gasteiger charge is 2.15. The molecule has 3 aromatic rings. The Labute approximate surface area is 132 Å². The molecule has 5 heteroatoms. The summed E-state index contributed by atoms with van der Waals surface area (Å²) in [6, 6.07) is 12.1. The first-order chi connectivity index (χ1) is 10.6. The van der Waals surface area contributed by atoms with Crippen LogP contribution in [0.3, 0.4) is 0 Å². The van der Waals surface area contributed by atoms with Gasteiger partial charge in [0.15, 0.2) is 5.13 Å². The number of nitrogens with zero attached hydrogens (tertiary/aromatic N) is 2. The molecule has 0 aliphatic heterocycles. The van der Waals surface area contributed by atoms with E-state index in [1.54, 1.807) is 12.4 Å². The van der Waals surface area contributed by atoms with Gasteiger partial charge in [-0.1, -0.05) is 35.1 Å². The number of carbonyl (C=O) groups excluding carboxylic acids is 1. The largest absolute Gasteiger partial charge is 0.302 e. The zero-order valence-corrected chi connectivity index (χ0v) is 13.1. The van der Waals surface area contributed by atoms with Crippen molar-refractivity contribution in [3.05, 3.63) is 54.4 Å². The highest BCUT2D eigenvalue weighted by Crippen LogP contribution is 2.38. The topological polar surface area (TPSA) is 54.9 Å². The lowest BCUT2D eigenvalue weighted by molar-refractivity contribution is -0.114. The quantitative estimate of drug-likeness (QED) is 0.791. The van der Waals surface area contributed by atoms with Crippen LogP contribution in [-0.4, -0.2) is 15.9 Å². The Morgan fingerprint density at radius 2 is 1.91 bits per heavy atom. The van der Waals surface area contributed by atoms with Gasteiger partial charge in [0.05, 0.1) is 10.6 Å². The van der Waals surface area contributed by atoms with Crippen LogP contribution in [-0.2, 0) is 4.79 Å². The Bertz CT molecular complexity index is 812. The SMILES string of the molecule is CC(=O)Nc1nc(-c2cccc(C)c2)c(-c2ccncc2)s1. The second-order valence-electron chi connectivity index (χ2n) is 4.98. The Kier molecular flexibility index (Phi) is 3.98. The van der Waals surface area contributed by atoms with Gasteiger partial charge in [0.25, 0.3) is 0 Å². The van der Waals surface area contributed by atoms with Gasteiger partial charge in [-0.05, 0) is 30.7 Å². The number of carbonyl (C=O) groups is 1. The van der Waals surface area contributed by atoms with Crippen LogP contribution in [0.1, 0.15) is 12.5 Å². The van der Waals surface area contributed by atoms with Gasteiger partial charge in [-0.2, -0.15) is 0 Å². The number of hydrogen-bond acceptors (Lipinski definition) is 4. The summed E-state index contributed by atoms with van der Waals surface area (Å²) in [4.78, 5) is 21.0. The minimum Gasteiger partial charge on any atom is -0.302 e. The molecule has 2 heterocycles. The van der Waals surface area contributed by atoms with Crippen molar-refractivity contribution < 1.29 is 4.79 Å². The van der Waals surface area contributed by atoms with Crippen molar-refractivity contribution in [1.82, 2.24) is 9.97 Å². The summed E-state index contributed by atoms with van der Waals surface area (Å²) in [6.07, 6.45) is 3.51. The zero-order chi connectivity index (χ0) is 15.5. The minimum absolute atomic E-state index is 0.120. The average Bonchev–Trinajstić information content (AvgIpc) is 2.91. The van der Waals surface area contributed by atoms with E-state index in [1.165, 1.54) is 23.8 Å². The van der Waals surface area contributed by atoms with Crippen molar-refractivity contribution in [2.45, 2.75) is 13.8 Å². The fourth-order valence-electron chi connectivity index (χ4n) is 2.21. The van der Waals surface area contributed by atoms with E-state index in [2.05, 4.69) is 34.3 Å². The van der Waals surface area contributed by atoms with Crippen LogP contribution in [0.4, 0.5) is 5.13 Å². The second-order valence-corrected chi connectivity index (χ2v) is 5.98. The van der Waals surface area contributed by atoms with E-state index in [0.29, 0.717) is 5.13 Å². The lowest BCUT2D eigenvalue weighted by Gasteiger charge is -2.03. The maximum Gasteiger partial charge on any atom is 0.223 e. The molecule has 0 spiro atoms. The molecule has 0 radical (unpaired) electrons. The third-order valence-corrected chi connectivity index (χ3v) is 4.16. The summed E-state index contributed by atoms with van der Waals surface area (Å²) in [5, 5.41) is 3.38. The highest BCUT2D eigenvalue weighted by atomic mass is 32.1. The Balaban J connectivity index is 2.15. The molecule has 110 valence electrons. The molecule has 1 amide bonds. The summed E-state index contributed by atoms with van der Waals surface area (Å²) in [5.41, 5.74) is 4.14. The zero-order valence-electron chi connectivity index (χ0n) is 12.3. The number of nitrogens with one attached hydrogen (secondary N) is 1. The molecule has 0 atom stereocenters. The van der Waals surface area contributed by atoms with Gasteiger partial charge in [-0.3, -0.25) is 9.78 Å². The van der Waals surface area contributed by atoms with Crippen molar-refractivity contribution in [3.63, 3.8) is 0 Å². The van der Waals surface area contributed by atoms with E-state index in [0.717, 1.165) is 21.7 Å². The van der Waals surface area contributed by atoms with Gasteiger partial charge in [0, 0.05) is 24.9 Å². The minimum atomic E-state index is -0.120. The maximum atomic E-state index is 11.3. The second kappa shape index (κ2) is 6.07. The van der Waals surface area contributed by atoms with Crippen molar-refractivity contribution in [2.24, 2.45) is 0 Å². The predicted molar refractivity (Wildman–Crippen MR) is 89.8 cm³/mol. The van der Waals surface area contributed by atoms with E-state index in [9.17, 15) is 4.79 Å². The number of amides is 1. The lowest BCUT2D eigenvalue weighted by atomic mass is 10.1. The van der Waals surface area contributed by atoms with Crippen LogP contribution in [0.25, 0.3) is 21.7 Å².